The molecule has 2 heterocycles. The molecule has 1 aromatic heterocycles. The van der Waals surface area contributed by atoms with E-state index in [1.54, 1.807) is 16.8 Å². The fourth-order valence-electron chi connectivity index (χ4n) is 3.57. The Morgan fingerprint density at radius 2 is 2.00 bits per heavy atom. The first kappa shape index (κ1) is 18.1. The van der Waals surface area contributed by atoms with E-state index in [-0.39, 0.29) is 18.1 Å². The average Bonchev–Trinajstić information content (AvgIpc) is 3.38. The van der Waals surface area contributed by atoms with Gasteiger partial charge in [-0.1, -0.05) is 0 Å². The number of imide groups is 1. The number of hydrogen-bond donors (Lipinski definition) is 1. The van der Waals surface area contributed by atoms with Crippen molar-refractivity contribution in [1.29, 1.82) is 0 Å². The highest BCUT2D eigenvalue weighted by Crippen LogP contribution is 2.28. The van der Waals surface area contributed by atoms with E-state index >= 15 is 0 Å². The molecule has 1 N–H and O–H groups in total. The van der Waals surface area contributed by atoms with Gasteiger partial charge in [-0.25, -0.2) is 18.7 Å². The summed E-state index contributed by atoms with van der Waals surface area (Å²) in [6.07, 6.45) is 1.19. The molecule has 0 spiro atoms. The molecule has 1 saturated heterocycles. The third-order valence-electron chi connectivity index (χ3n) is 4.95. The van der Waals surface area contributed by atoms with Crippen LogP contribution in [0, 0.1) is 5.82 Å². The van der Waals surface area contributed by atoms with Gasteiger partial charge in [0, 0.05) is 24.3 Å². The number of urea groups is 1. The number of halogens is 1. The standard InChI is InChI=1S/C19H19FN4O4/c1-11(17(25)23-10-9-21-19(23)27)28-18(26)16-14-3-2-4-15(14)24(22-16)13-7-5-12(20)6-8-13/h5-8,11H,2-4,9-10H2,1H3,(H,21,27)/t11-/m0/s1. The molecule has 3 amide bonds. The van der Waals surface area contributed by atoms with Crippen molar-refractivity contribution in [3.8, 4) is 5.69 Å². The smallest absolute Gasteiger partial charge is 0.359 e. The van der Waals surface area contributed by atoms with Crippen LogP contribution in [0.15, 0.2) is 24.3 Å². The zero-order valence-corrected chi connectivity index (χ0v) is 15.3. The van der Waals surface area contributed by atoms with Crippen molar-refractivity contribution < 1.29 is 23.5 Å². The lowest BCUT2D eigenvalue weighted by Crippen LogP contribution is -2.41. The Hall–Kier alpha value is -3.23. The van der Waals surface area contributed by atoms with Gasteiger partial charge in [0.2, 0.25) is 0 Å². The Kier molecular flexibility index (Phi) is 4.58. The number of carbonyl (C=O) groups is 3. The van der Waals surface area contributed by atoms with Crippen LogP contribution in [-0.4, -0.2) is 51.8 Å². The number of nitrogens with zero attached hydrogens (tertiary/aromatic N) is 3. The van der Waals surface area contributed by atoms with E-state index in [1.807, 2.05) is 0 Å². The van der Waals surface area contributed by atoms with Crippen LogP contribution in [0.5, 0.6) is 0 Å². The molecule has 28 heavy (non-hydrogen) atoms. The second-order valence-corrected chi connectivity index (χ2v) is 6.78. The number of nitrogens with one attached hydrogen (secondary N) is 1. The van der Waals surface area contributed by atoms with Crippen molar-refractivity contribution in [3.63, 3.8) is 0 Å². The van der Waals surface area contributed by atoms with Gasteiger partial charge in [-0.3, -0.25) is 9.69 Å². The van der Waals surface area contributed by atoms with Gasteiger partial charge in [0.25, 0.3) is 5.91 Å². The molecule has 2 aromatic rings. The minimum atomic E-state index is -1.11. The van der Waals surface area contributed by atoms with Crippen molar-refractivity contribution in [1.82, 2.24) is 20.0 Å². The predicted molar refractivity (Wildman–Crippen MR) is 95.5 cm³/mol. The lowest BCUT2D eigenvalue weighted by atomic mass is 10.2. The molecule has 8 nitrogen and oxygen atoms in total. The van der Waals surface area contributed by atoms with Crippen LogP contribution in [0.25, 0.3) is 5.69 Å². The first-order chi connectivity index (χ1) is 13.5. The Bertz CT molecular complexity index is 954. The summed E-state index contributed by atoms with van der Waals surface area (Å²) < 4.78 is 20.1. The summed E-state index contributed by atoms with van der Waals surface area (Å²) in [5, 5.41) is 6.91. The third-order valence-corrected chi connectivity index (χ3v) is 4.95. The Morgan fingerprint density at radius 1 is 1.25 bits per heavy atom. The topological polar surface area (TPSA) is 93.5 Å². The van der Waals surface area contributed by atoms with Crippen molar-refractivity contribution >= 4 is 17.9 Å². The number of benzene rings is 1. The molecule has 146 valence electrons. The zero-order valence-electron chi connectivity index (χ0n) is 15.3. The highest BCUT2D eigenvalue weighted by molar-refractivity contribution is 5.99. The van der Waals surface area contributed by atoms with Crippen LogP contribution in [-0.2, 0) is 22.4 Å². The van der Waals surface area contributed by atoms with Crippen LogP contribution in [0.1, 0.15) is 35.1 Å². The van der Waals surface area contributed by atoms with Crippen LogP contribution in [0.2, 0.25) is 0 Å². The Labute approximate surface area is 160 Å². The molecule has 0 unspecified atom stereocenters. The summed E-state index contributed by atoms with van der Waals surface area (Å²) in [4.78, 5) is 37.7. The van der Waals surface area contributed by atoms with Crippen LogP contribution in [0.4, 0.5) is 9.18 Å². The van der Waals surface area contributed by atoms with E-state index in [0.717, 1.165) is 29.0 Å². The van der Waals surface area contributed by atoms with Gasteiger partial charge in [-0.05, 0) is 50.5 Å². The molecule has 1 fully saturated rings. The molecular formula is C19H19FN4O4. The molecule has 0 radical (unpaired) electrons. The summed E-state index contributed by atoms with van der Waals surface area (Å²) in [7, 11) is 0. The first-order valence-electron chi connectivity index (χ1n) is 9.12. The molecule has 1 aliphatic heterocycles. The second-order valence-electron chi connectivity index (χ2n) is 6.78. The van der Waals surface area contributed by atoms with Crippen LogP contribution in [0.3, 0.4) is 0 Å². The largest absolute Gasteiger partial charge is 0.448 e. The average molecular weight is 386 g/mol. The maximum Gasteiger partial charge on any atom is 0.359 e. The molecule has 0 bridgehead atoms. The molecule has 2 aliphatic rings. The quantitative estimate of drug-likeness (QED) is 0.806. The molecule has 1 atom stereocenters. The molecule has 9 heteroatoms. The Morgan fingerprint density at radius 3 is 2.68 bits per heavy atom. The fourth-order valence-corrected chi connectivity index (χ4v) is 3.57. The number of carbonyl (C=O) groups excluding carboxylic acids is 3. The summed E-state index contributed by atoms with van der Waals surface area (Å²) in [5.74, 6) is -1.64. The van der Waals surface area contributed by atoms with Gasteiger partial charge < -0.3 is 10.1 Å². The zero-order chi connectivity index (χ0) is 19.8. The lowest BCUT2D eigenvalue weighted by Gasteiger charge is -2.17. The normalized spacial score (nSPS) is 16.6. The van der Waals surface area contributed by atoms with E-state index in [4.69, 9.17) is 4.74 Å². The van der Waals surface area contributed by atoms with Gasteiger partial charge in [0.1, 0.15) is 5.82 Å². The summed E-state index contributed by atoms with van der Waals surface area (Å²) in [6.45, 7) is 2.05. The number of fused-ring (bicyclic) bond motifs is 1. The molecular weight excluding hydrogens is 367 g/mol. The van der Waals surface area contributed by atoms with Crippen molar-refractivity contribution in [3.05, 3.63) is 47.0 Å². The number of rotatable bonds is 4. The number of aromatic nitrogens is 2. The molecule has 0 saturated carbocycles. The highest BCUT2D eigenvalue weighted by Gasteiger charge is 2.34. The third kappa shape index (κ3) is 3.12. The van der Waals surface area contributed by atoms with Gasteiger partial charge in [0.15, 0.2) is 11.8 Å². The van der Waals surface area contributed by atoms with Gasteiger partial charge in [0.05, 0.1) is 5.69 Å². The SMILES string of the molecule is C[C@H](OC(=O)c1nn(-c2ccc(F)cc2)c2c1CCC2)C(=O)N1CCNC1=O. The molecule has 1 aromatic carbocycles. The minimum Gasteiger partial charge on any atom is -0.448 e. The fraction of sp³-hybridized carbons (Fsp3) is 0.368. The lowest BCUT2D eigenvalue weighted by molar-refractivity contribution is -0.136. The summed E-state index contributed by atoms with van der Waals surface area (Å²) in [5.41, 5.74) is 2.48. The number of amides is 3. The van der Waals surface area contributed by atoms with E-state index in [2.05, 4.69) is 10.4 Å². The highest BCUT2D eigenvalue weighted by atomic mass is 19.1. The van der Waals surface area contributed by atoms with Gasteiger partial charge in [-0.2, -0.15) is 5.10 Å². The van der Waals surface area contributed by atoms with Gasteiger partial charge >= 0.3 is 12.0 Å². The van der Waals surface area contributed by atoms with Crippen molar-refractivity contribution in [2.24, 2.45) is 0 Å². The molecule has 1 aliphatic carbocycles. The molecule has 4 rings (SSSR count). The van der Waals surface area contributed by atoms with Crippen LogP contribution < -0.4 is 5.32 Å². The first-order valence-corrected chi connectivity index (χ1v) is 9.12. The van der Waals surface area contributed by atoms with Crippen molar-refractivity contribution in [2.75, 3.05) is 13.1 Å². The van der Waals surface area contributed by atoms with Crippen molar-refractivity contribution in [2.45, 2.75) is 32.3 Å². The number of ether oxygens (including phenoxy) is 1. The summed E-state index contributed by atoms with van der Waals surface area (Å²) >= 11 is 0. The number of hydrogen-bond acceptors (Lipinski definition) is 5. The second kappa shape index (κ2) is 7.06. The van der Waals surface area contributed by atoms with E-state index in [9.17, 15) is 18.8 Å². The summed E-state index contributed by atoms with van der Waals surface area (Å²) in [6, 6.07) is 5.35. The predicted octanol–water partition coefficient (Wildman–Crippen LogP) is 1.60. The van der Waals surface area contributed by atoms with Crippen LogP contribution >= 0.6 is 0 Å². The Balaban J connectivity index is 1.56. The monoisotopic (exact) mass is 386 g/mol. The van der Waals surface area contributed by atoms with E-state index in [1.165, 1.54) is 19.1 Å². The van der Waals surface area contributed by atoms with E-state index in [0.29, 0.717) is 18.7 Å². The number of esters is 1. The van der Waals surface area contributed by atoms with Gasteiger partial charge in [-0.15, -0.1) is 0 Å². The maximum absolute atomic E-state index is 13.2. The maximum atomic E-state index is 13.2. The van der Waals surface area contributed by atoms with E-state index < -0.39 is 24.0 Å². The minimum absolute atomic E-state index is 0.155.